The monoisotopic (exact) mass is 153 g/mol. The summed E-state index contributed by atoms with van der Waals surface area (Å²) in [6.45, 7) is 7.47. The lowest BCUT2D eigenvalue weighted by atomic mass is 10.3. The molecule has 0 aromatic rings. The molecular formula is C9H13O2. The fraction of sp³-hybridized carbons (Fsp3) is 0.556. The molecule has 0 aromatic heterocycles. The van der Waals surface area contributed by atoms with Gasteiger partial charge in [0.15, 0.2) is 0 Å². The second-order valence-corrected chi connectivity index (χ2v) is 2.15. The van der Waals surface area contributed by atoms with Gasteiger partial charge in [-0.25, -0.2) is 0 Å². The molecule has 0 spiro atoms. The van der Waals surface area contributed by atoms with Crippen LogP contribution in [0.5, 0.6) is 0 Å². The van der Waals surface area contributed by atoms with E-state index in [-0.39, 0.29) is 12.4 Å². The first-order chi connectivity index (χ1) is 5.31. The fourth-order valence-corrected chi connectivity index (χ4v) is 0.532. The van der Waals surface area contributed by atoms with Crippen LogP contribution in [0.2, 0.25) is 0 Å². The Balaban J connectivity index is 3.29. The number of hydrogen-bond donors (Lipinski definition) is 0. The van der Waals surface area contributed by atoms with Crippen LogP contribution in [0.15, 0.2) is 11.8 Å². The van der Waals surface area contributed by atoms with Crippen molar-refractivity contribution in [2.45, 2.75) is 26.2 Å². The molecule has 0 rings (SSSR count). The van der Waals surface area contributed by atoms with Crippen LogP contribution in [-0.4, -0.2) is 12.6 Å². The smallest absolute Gasteiger partial charge is 0.310 e. The summed E-state index contributed by atoms with van der Waals surface area (Å²) in [5.41, 5.74) is 2.26. The minimum atomic E-state index is -0.239. The predicted molar refractivity (Wildman–Crippen MR) is 42.9 cm³/mol. The number of esters is 1. The summed E-state index contributed by atoms with van der Waals surface area (Å²) in [4.78, 5) is 10.7. The van der Waals surface area contributed by atoms with Crippen molar-refractivity contribution < 1.29 is 9.53 Å². The molecule has 0 saturated carbocycles. The first-order valence-electron chi connectivity index (χ1n) is 3.74. The standard InChI is InChI=1S/C9H13O2/c1-3-5-7-9(10)11-8-6-4-2/h1,5H,4,6-8H2,2H3. The highest BCUT2D eigenvalue weighted by atomic mass is 16.5. The van der Waals surface area contributed by atoms with Crippen molar-refractivity contribution in [2.75, 3.05) is 6.61 Å². The van der Waals surface area contributed by atoms with Crippen molar-refractivity contribution in [1.82, 2.24) is 0 Å². The molecule has 11 heavy (non-hydrogen) atoms. The summed E-state index contributed by atoms with van der Waals surface area (Å²) in [5, 5.41) is 0. The quantitative estimate of drug-likeness (QED) is 0.342. The second kappa shape index (κ2) is 7.10. The molecule has 0 aliphatic rings. The van der Waals surface area contributed by atoms with Gasteiger partial charge in [-0.15, -0.1) is 5.73 Å². The van der Waals surface area contributed by atoms with Crippen molar-refractivity contribution in [3.63, 3.8) is 0 Å². The van der Waals surface area contributed by atoms with E-state index in [9.17, 15) is 4.79 Å². The van der Waals surface area contributed by atoms with E-state index >= 15 is 0 Å². The maximum atomic E-state index is 10.7. The molecule has 0 fully saturated rings. The molecule has 61 valence electrons. The molecule has 0 aliphatic carbocycles. The van der Waals surface area contributed by atoms with Crippen LogP contribution in [-0.2, 0) is 9.53 Å². The lowest BCUT2D eigenvalue weighted by Crippen LogP contribution is -2.03. The van der Waals surface area contributed by atoms with Gasteiger partial charge in [0, 0.05) is 0 Å². The number of carbonyl (C=O) groups excluding carboxylic acids is 1. The summed E-state index contributed by atoms with van der Waals surface area (Å²) >= 11 is 0. The molecule has 0 unspecified atom stereocenters. The van der Waals surface area contributed by atoms with Gasteiger partial charge in [0.2, 0.25) is 0 Å². The Kier molecular flexibility index (Phi) is 6.45. The van der Waals surface area contributed by atoms with E-state index in [2.05, 4.69) is 5.73 Å². The van der Waals surface area contributed by atoms with Gasteiger partial charge in [0.1, 0.15) is 0 Å². The lowest BCUT2D eigenvalue weighted by Gasteiger charge is -1.99. The molecule has 0 bridgehead atoms. The number of unbranched alkanes of at least 4 members (excludes halogenated alkanes) is 1. The molecular weight excluding hydrogens is 140 g/mol. The van der Waals surface area contributed by atoms with Crippen molar-refractivity contribution in [3.8, 4) is 0 Å². The third-order valence-electron chi connectivity index (χ3n) is 1.15. The Hall–Kier alpha value is -1.01. The molecule has 0 amide bonds. The normalized spacial score (nSPS) is 8.45. The predicted octanol–water partition coefficient (Wildman–Crippen LogP) is 1.86. The SMILES string of the molecule is [CH]=C=CCC(=O)OCCCC. The van der Waals surface area contributed by atoms with Crippen molar-refractivity contribution in [2.24, 2.45) is 0 Å². The number of carbonyl (C=O) groups is 1. The summed E-state index contributed by atoms with van der Waals surface area (Å²) in [5.74, 6) is -0.239. The minimum absolute atomic E-state index is 0.222. The average Bonchev–Trinajstić information content (AvgIpc) is 2.01. The fourth-order valence-electron chi connectivity index (χ4n) is 0.532. The highest BCUT2D eigenvalue weighted by Gasteiger charge is 1.96. The Labute approximate surface area is 67.6 Å². The molecule has 1 radical (unpaired) electrons. The largest absolute Gasteiger partial charge is 0.465 e. The van der Waals surface area contributed by atoms with E-state index in [0.717, 1.165) is 12.8 Å². The maximum Gasteiger partial charge on any atom is 0.310 e. The van der Waals surface area contributed by atoms with Gasteiger partial charge in [0.25, 0.3) is 0 Å². The van der Waals surface area contributed by atoms with Crippen LogP contribution in [0.3, 0.4) is 0 Å². The number of hydrogen-bond acceptors (Lipinski definition) is 2. The average molecular weight is 153 g/mol. The van der Waals surface area contributed by atoms with Crippen LogP contribution in [0.4, 0.5) is 0 Å². The molecule has 0 aliphatic heterocycles. The van der Waals surface area contributed by atoms with Gasteiger partial charge in [-0.1, -0.05) is 13.3 Å². The maximum absolute atomic E-state index is 10.7. The highest BCUT2D eigenvalue weighted by molar-refractivity contribution is 5.70. The summed E-state index contributed by atoms with van der Waals surface area (Å²) in [6.07, 6.45) is 3.63. The van der Waals surface area contributed by atoms with Gasteiger partial charge in [-0.3, -0.25) is 4.79 Å². The van der Waals surface area contributed by atoms with E-state index in [1.54, 1.807) is 0 Å². The first kappa shape index (κ1) is 9.99. The Morgan fingerprint density at radius 1 is 1.73 bits per heavy atom. The zero-order chi connectivity index (χ0) is 8.53. The molecule has 0 heterocycles. The van der Waals surface area contributed by atoms with Crippen LogP contribution < -0.4 is 0 Å². The van der Waals surface area contributed by atoms with Crippen LogP contribution in [0.1, 0.15) is 26.2 Å². The Morgan fingerprint density at radius 2 is 2.45 bits per heavy atom. The van der Waals surface area contributed by atoms with Crippen molar-refractivity contribution in [1.29, 1.82) is 0 Å². The van der Waals surface area contributed by atoms with E-state index in [1.807, 2.05) is 6.92 Å². The zero-order valence-electron chi connectivity index (χ0n) is 6.80. The van der Waals surface area contributed by atoms with E-state index in [4.69, 9.17) is 11.3 Å². The number of rotatable bonds is 5. The van der Waals surface area contributed by atoms with Crippen molar-refractivity contribution in [3.05, 3.63) is 18.4 Å². The summed E-state index contributed by atoms with van der Waals surface area (Å²) < 4.78 is 4.82. The van der Waals surface area contributed by atoms with E-state index < -0.39 is 0 Å². The number of ether oxygens (including phenoxy) is 1. The first-order valence-corrected chi connectivity index (χ1v) is 3.74. The van der Waals surface area contributed by atoms with Crippen LogP contribution >= 0.6 is 0 Å². The molecule has 0 N–H and O–H groups in total. The van der Waals surface area contributed by atoms with Gasteiger partial charge < -0.3 is 4.74 Å². The second-order valence-electron chi connectivity index (χ2n) is 2.15. The van der Waals surface area contributed by atoms with Crippen molar-refractivity contribution >= 4 is 5.97 Å². The van der Waals surface area contributed by atoms with E-state index in [0.29, 0.717) is 6.61 Å². The molecule has 0 aromatic carbocycles. The molecule has 0 atom stereocenters. The zero-order valence-corrected chi connectivity index (χ0v) is 6.80. The van der Waals surface area contributed by atoms with Crippen LogP contribution in [0, 0.1) is 6.58 Å². The highest BCUT2D eigenvalue weighted by Crippen LogP contribution is 1.91. The lowest BCUT2D eigenvalue weighted by molar-refractivity contribution is -0.142. The minimum Gasteiger partial charge on any atom is -0.465 e. The Morgan fingerprint density at radius 3 is 3.00 bits per heavy atom. The Bertz CT molecular complexity index is 155. The van der Waals surface area contributed by atoms with Gasteiger partial charge in [0.05, 0.1) is 13.0 Å². The molecule has 2 nitrogen and oxygen atoms in total. The molecule has 0 saturated heterocycles. The van der Waals surface area contributed by atoms with Gasteiger partial charge in [-0.05, 0) is 19.1 Å². The molecule has 2 heteroatoms. The third kappa shape index (κ3) is 6.88. The topological polar surface area (TPSA) is 26.3 Å². The van der Waals surface area contributed by atoms with Gasteiger partial charge >= 0.3 is 5.97 Å². The van der Waals surface area contributed by atoms with E-state index in [1.165, 1.54) is 6.08 Å². The summed E-state index contributed by atoms with van der Waals surface area (Å²) in [7, 11) is 0. The third-order valence-corrected chi connectivity index (χ3v) is 1.15. The van der Waals surface area contributed by atoms with Gasteiger partial charge in [-0.2, -0.15) is 0 Å². The summed E-state index contributed by atoms with van der Waals surface area (Å²) in [6, 6.07) is 0. The van der Waals surface area contributed by atoms with Crippen LogP contribution in [0.25, 0.3) is 0 Å².